The van der Waals surface area contributed by atoms with Gasteiger partial charge < -0.3 is 16.4 Å². The number of rotatable bonds is 5. The zero-order valence-electron chi connectivity index (χ0n) is 15.8. The lowest BCUT2D eigenvalue weighted by Crippen LogP contribution is -2.33. The fourth-order valence-electron chi connectivity index (χ4n) is 3.69. The van der Waals surface area contributed by atoms with Crippen molar-refractivity contribution >= 4 is 22.8 Å². The van der Waals surface area contributed by atoms with E-state index in [1.165, 1.54) is 0 Å². The molecule has 0 radical (unpaired) electrons. The second-order valence-corrected chi connectivity index (χ2v) is 7.33. The topological polar surface area (TPSA) is 135 Å². The minimum atomic E-state index is 0.324. The van der Waals surface area contributed by atoms with Gasteiger partial charge in [0.25, 0.3) is 0 Å². The number of tetrazole rings is 1. The van der Waals surface area contributed by atoms with Crippen molar-refractivity contribution in [1.29, 1.82) is 0 Å². The maximum atomic E-state index is 6.02. The summed E-state index contributed by atoms with van der Waals surface area (Å²) in [6.07, 6.45) is 7.81. The lowest BCUT2D eigenvalue weighted by atomic mass is 9.92. The van der Waals surface area contributed by atoms with Crippen LogP contribution in [0.1, 0.15) is 25.7 Å². The highest BCUT2D eigenvalue weighted by atomic mass is 15.5. The van der Waals surface area contributed by atoms with Crippen molar-refractivity contribution in [2.45, 2.75) is 37.8 Å². The van der Waals surface area contributed by atoms with Crippen molar-refractivity contribution < 1.29 is 0 Å². The number of aromatic nitrogens is 7. The number of hydrogen-bond acceptors (Lipinski definition) is 8. The fraction of sp³-hybridized carbons (Fsp3) is 0.316. The summed E-state index contributed by atoms with van der Waals surface area (Å²) in [5.74, 6) is 1.39. The molecule has 0 aliphatic heterocycles. The van der Waals surface area contributed by atoms with Crippen LogP contribution in [0, 0.1) is 0 Å². The molecule has 0 spiro atoms. The van der Waals surface area contributed by atoms with E-state index >= 15 is 0 Å². The number of anilines is 3. The summed E-state index contributed by atoms with van der Waals surface area (Å²) in [7, 11) is 0. The zero-order valence-corrected chi connectivity index (χ0v) is 15.8. The largest absolute Gasteiger partial charge is 0.366 e. The molecule has 3 heterocycles. The van der Waals surface area contributed by atoms with E-state index in [0.717, 1.165) is 54.1 Å². The summed E-state index contributed by atoms with van der Waals surface area (Å²) in [5.41, 5.74) is 9.50. The maximum absolute atomic E-state index is 6.02. The van der Waals surface area contributed by atoms with Gasteiger partial charge in [0.2, 0.25) is 5.82 Å². The van der Waals surface area contributed by atoms with Gasteiger partial charge in [-0.3, -0.25) is 0 Å². The van der Waals surface area contributed by atoms with Crippen molar-refractivity contribution in [3.63, 3.8) is 0 Å². The number of fused-ring (bicyclic) bond motifs is 1. The quantitative estimate of drug-likeness (QED) is 0.408. The van der Waals surface area contributed by atoms with Crippen LogP contribution in [-0.4, -0.2) is 47.3 Å². The van der Waals surface area contributed by atoms with Crippen LogP contribution in [0.3, 0.4) is 0 Å². The molecule has 10 heteroatoms. The summed E-state index contributed by atoms with van der Waals surface area (Å²) in [6.45, 7) is 0. The first-order valence-corrected chi connectivity index (χ1v) is 9.72. The molecule has 0 saturated heterocycles. The van der Waals surface area contributed by atoms with E-state index in [-0.39, 0.29) is 0 Å². The summed E-state index contributed by atoms with van der Waals surface area (Å²) < 4.78 is 1.78. The summed E-state index contributed by atoms with van der Waals surface area (Å²) in [5, 5.41) is 25.7. The lowest BCUT2D eigenvalue weighted by Gasteiger charge is -2.27. The van der Waals surface area contributed by atoms with Crippen molar-refractivity contribution in [3.8, 4) is 11.4 Å². The highest BCUT2D eigenvalue weighted by Crippen LogP contribution is 2.26. The molecule has 5 rings (SSSR count). The second-order valence-electron chi connectivity index (χ2n) is 7.33. The average Bonchev–Trinajstić information content (AvgIpc) is 3.42. The van der Waals surface area contributed by atoms with E-state index in [2.05, 4.69) is 41.3 Å². The molecule has 148 valence electrons. The molecule has 3 aromatic heterocycles. The zero-order chi connectivity index (χ0) is 19.6. The SMILES string of the molecule is NC1CCC(Nc2cc(Nc3ccc(-c4nn[nH]n4)cc3)c3nccn3n2)CC1. The van der Waals surface area contributed by atoms with Gasteiger partial charge in [-0.15, -0.1) is 15.3 Å². The number of hydrogen-bond donors (Lipinski definition) is 4. The molecule has 0 bridgehead atoms. The minimum Gasteiger partial charge on any atom is -0.366 e. The predicted molar refractivity (Wildman–Crippen MR) is 110 cm³/mol. The van der Waals surface area contributed by atoms with Gasteiger partial charge in [-0.1, -0.05) is 0 Å². The van der Waals surface area contributed by atoms with Crippen LogP contribution < -0.4 is 16.4 Å². The Labute approximate surface area is 166 Å². The third-order valence-corrected chi connectivity index (χ3v) is 5.25. The third-order valence-electron chi connectivity index (χ3n) is 5.25. The monoisotopic (exact) mass is 390 g/mol. The van der Waals surface area contributed by atoms with Crippen molar-refractivity contribution in [2.75, 3.05) is 10.6 Å². The van der Waals surface area contributed by atoms with Crippen LogP contribution in [0.2, 0.25) is 0 Å². The predicted octanol–water partition coefficient (Wildman–Crippen LogP) is 2.33. The molecule has 4 aromatic rings. The highest BCUT2D eigenvalue weighted by molar-refractivity contribution is 5.76. The average molecular weight is 390 g/mol. The van der Waals surface area contributed by atoms with E-state index in [1.807, 2.05) is 36.5 Å². The number of aromatic amines is 1. The highest BCUT2D eigenvalue weighted by Gasteiger charge is 2.19. The first-order valence-electron chi connectivity index (χ1n) is 9.72. The Kier molecular flexibility index (Phi) is 4.53. The molecule has 1 aromatic carbocycles. The Morgan fingerprint density at radius 1 is 1.10 bits per heavy atom. The first kappa shape index (κ1) is 17.6. The van der Waals surface area contributed by atoms with Crippen LogP contribution in [-0.2, 0) is 0 Å². The van der Waals surface area contributed by atoms with Gasteiger partial charge in [0.1, 0.15) is 5.82 Å². The van der Waals surface area contributed by atoms with E-state index < -0.39 is 0 Å². The smallest absolute Gasteiger partial charge is 0.204 e. The van der Waals surface area contributed by atoms with E-state index in [4.69, 9.17) is 5.73 Å². The van der Waals surface area contributed by atoms with E-state index in [1.54, 1.807) is 10.7 Å². The van der Waals surface area contributed by atoms with Crippen LogP contribution in [0.15, 0.2) is 42.7 Å². The Hall–Kier alpha value is -3.53. The van der Waals surface area contributed by atoms with Gasteiger partial charge in [-0.2, -0.15) is 5.21 Å². The van der Waals surface area contributed by atoms with Gasteiger partial charge in [-0.05, 0) is 55.2 Å². The summed E-state index contributed by atoms with van der Waals surface area (Å²) in [6, 6.07) is 10.6. The van der Waals surface area contributed by atoms with E-state index in [9.17, 15) is 0 Å². The molecule has 1 aliphatic carbocycles. The lowest BCUT2D eigenvalue weighted by molar-refractivity contribution is 0.410. The maximum Gasteiger partial charge on any atom is 0.204 e. The molecule has 0 unspecified atom stereocenters. The number of nitrogens with two attached hydrogens (primary N) is 1. The molecule has 1 fully saturated rings. The Morgan fingerprint density at radius 2 is 1.93 bits per heavy atom. The number of H-pyrrole nitrogens is 1. The standard InChI is InChI=1S/C19H22N10/c20-13-3-7-15(8-4-13)23-17-11-16(19-21-9-10-29(19)26-17)22-14-5-1-12(2-6-14)18-24-27-28-25-18/h1-2,5-6,9-11,13,15,22H,3-4,7-8,20H2,(H,23,26)(H,24,25,27,28). The van der Waals surface area contributed by atoms with Crippen molar-refractivity contribution in [3.05, 3.63) is 42.7 Å². The Morgan fingerprint density at radius 3 is 2.69 bits per heavy atom. The summed E-state index contributed by atoms with van der Waals surface area (Å²) >= 11 is 0. The van der Waals surface area contributed by atoms with Gasteiger partial charge in [-0.25, -0.2) is 9.50 Å². The molecule has 0 amide bonds. The normalized spacial score (nSPS) is 19.3. The molecule has 0 atom stereocenters. The first-order chi connectivity index (χ1) is 14.2. The van der Waals surface area contributed by atoms with Crippen LogP contribution in [0.4, 0.5) is 17.2 Å². The van der Waals surface area contributed by atoms with Gasteiger partial charge in [0.15, 0.2) is 5.65 Å². The van der Waals surface area contributed by atoms with Crippen molar-refractivity contribution in [1.82, 2.24) is 35.2 Å². The van der Waals surface area contributed by atoms with Crippen LogP contribution in [0.5, 0.6) is 0 Å². The third kappa shape index (κ3) is 3.74. The van der Waals surface area contributed by atoms with Gasteiger partial charge >= 0.3 is 0 Å². The molecule has 1 saturated carbocycles. The van der Waals surface area contributed by atoms with Crippen LogP contribution >= 0.6 is 0 Å². The van der Waals surface area contributed by atoms with Crippen molar-refractivity contribution in [2.24, 2.45) is 5.73 Å². The molecule has 10 nitrogen and oxygen atoms in total. The number of nitrogens with one attached hydrogen (secondary N) is 3. The molecule has 1 aliphatic rings. The number of nitrogens with zero attached hydrogens (tertiary/aromatic N) is 6. The molecular weight excluding hydrogens is 368 g/mol. The molecular formula is C19H22N10. The number of benzene rings is 1. The number of imidazole rings is 1. The Bertz CT molecular complexity index is 1080. The van der Waals surface area contributed by atoms with Gasteiger partial charge in [0.05, 0.1) is 5.69 Å². The van der Waals surface area contributed by atoms with Gasteiger partial charge in [0, 0.05) is 41.8 Å². The van der Waals surface area contributed by atoms with E-state index in [0.29, 0.717) is 17.9 Å². The molecule has 5 N–H and O–H groups in total. The fourth-order valence-corrected chi connectivity index (χ4v) is 3.69. The summed E-state index contributed by atoms with van der Waals surface area (Å²) in [4.78, 5) is 4.43. The second kappa shape index (κ2) is 7.47. The Balaban J connectivity index is 1.38. The molecule has 29 heavy (non-hydrogen) atoms. The minimum absolute atomic E-state index is 0.324. The van der Waals surface area contributed by atoms with Crippen LogP contribution in [0.25, 0.3) is 17.0 Å².